The first-order valence-corrected chi connectivity index (χ1v) is 11.6. The van der Waals surface area contributed by atoms with E-state index in [1.165, 1.54) is 0 Å². The smallest absolute Gasteiger partial charge is 0.227 e. The van der Waals surface area contributed by atoms with Crippen LogP contribution in [0, 0.1) is 0 Å². The van der Waals surface area contributed by atoms with Gasteiger partial charge in [-0.15, -0.1) is 11.6 Å². The van der Waals surface area contributed by atoms with Gasteiger partial charge in [0.2, 0.25) is 15.7 Å². The van der Waals surface area contributed by atoms with Crippen molar-refractivity contribution >= 4 is 33.0 Å². The minimum Gasteiger partial charge on any atom is -0.378 e. The van der Waals surface area contributed by atoms with E-state index in [-0.39, 0.29) is 21.8 Å². The normalized spacial score (nSPS) is 25.0. The van der Waals surface area contributed by atoms with Gasteiger partial charge in [0, 0.05) is 25.8 Å². The second-order valence-electron chi connectivity index (χ2n) is 7.88. The van der Waals surface area contributed by atoms with Crippen molar-refractivity contribution in [2.24, 2.45) is 0 Å². The van der Waals surface area contributed by atoms with Crippen molar-refractivity contribution in [3.05, 3.63) is 53.6 Å². The molecule has 1 amide bonds. The Morgan fingerprint density at radius 2 is 1.90 bits per heavy atom. The molecule has 7 heteroatoms. The van der Waals surface area contributed by atoms with E-state index in [4.69, 9.17) is 16.3 Å². The van der Waals surface area contributed by atoms with Gasteiger partial charge in [-0.25, -0.2) is 8.42 Å². The molecule has 2 atom stereocenters. The van der Waals surface area contributed by atoms with E-state index in [2.05, 4.69) is 0 Å². The number of alkyl halides is 1. The van der Waals surface area contributed by atoms with Crippen molar-refractivity contribution in [1.82, 2.24) is 0 Å². The van der Waals surface area contributed by atoms with Crippen molar-refractivity contribution in [3.63, 3.8) is 0 Å². The maximum absolute atomic E-state index is 13.3. The van der Waals surface area contributed by atoms with Gasteiger partial charge in [-0.1, -0.05) is 12.1 Å². The molecule has 0 aliphatic carbocycles. The van der Waals surface area contributed by atoms with Crippen molar-refractivity contribution in [1.29, 1.82) is 0 Å². The van der Waals surface area contributed by atoms with Crippen LogP contribution in [0.5, 0.6) is 0 Å². The molecule has 2 aromatic carbocycles. The number of carbonyl (C=O) groups excluding carboxylic acids is 1. The quantitative estimate of drug-likeness (QED) is 0.684. The van der Waals surface area contributed by atoms with Gasteiger partial charge in [0.25, 0.3) is 0 Å². The summed E-state index contributed by atoms with van der Waals surface area (Å²) >= 11 is 6.88. The number of anilines is 1. The maximum atomic E-state index is 13.3. The van der Waals surface area contributed by atoms with Gasteiger partial charge in [-0.05, 0) is 67.6 Å². The monoisotopic (exact) mass is 433 g/mol. The minimum absolute atomic E-state index is 0.0295. The van der Waals surface area contributed by atoms with Crippen LogP contribution in [0.25, 0.3) is 0 Å². The fourth-order valence-corrected chi connectivity index (χ4v) is 5.95. The first-order chi connectivity index (χ1) is 13.7. The van der Waals surface area contributed by atoms with Crippen LogP contribution < -0.4 is 4.90 Å². The van der Waals surface area contributed by atoms with Crippen molar-refractivity contribution in [2.75, 3.05) is 18.6 Å². The number of hydrogen-bond acceptors (Lipinski definition) is 4. The Kier molecular flexibility index (Phi) is 5.21. The van der Waals surface area contributed by atoms with Gasteiger partial charge < -0.3 is 9.64 Å². The fraction of sp³-hybridized carbons (Fsp3) is 0.409. The van der Waals surface area contributed by atoms with Crippen LogP contribution in [0.1, 0.15) is 37.3 Å². The van der Waals surface area contributed by atoms with Gasteiger partial charge in [0.1, 0.15) is 0 Å². The Morgan fingerprint density at radius 3 is 2.66 bits per heavy atom. The van der Waals surface area contributed by atoms with Gasteiger partial charge in [0.15, 0.2) is 0 Å². The number of carbonyl (C=O) groups is 1. The third-order valence-electron chi connectivity index (χ3n) is 5.88. The predicted octanol–water partition coefficient (Wildman–Crippen LogP) is 4.06. The maximum Gasteiger partial charge on any atom is 0.227 e. The molecule has 5 nitrogen and oxygen atoms in total. The van der Waals surface area contributed by atoms with E-state index in [1.807, 2.05) is 13.0 Å². The highest BCUT2D eigenvalue weighted by atomic mass is 35.5. The summed E-state index contributed by atoms with van der Waals surface area (Å²) in [7, 11) is -1.98. The first-order valence-electron chi connectivity index (χ1n) is 9.76. The highest BCUT2D eigenvalue weighted by Crippen LogP contribution is 2.42. The second-order valence-corrected chi connectivity index (χ2v) is 10.5. The lowest BCUT2D eigenvalue weighted by Crippen LogP contribution is -2.33. The number of fused-ring (bicyclic) bond motifs is 1. The van der Waals surface area contributed by atoms with Crippen molar-refractivity contribution < 1.29 is 17.9 Å². The molecule has 2 aromatic rings. The summed E-state index contributed by atoms with van der Waals surface area (Å²) in [5.41, 5.74) is 2.44. The lowest BCUT2D eigenvalue weighted by Gasteiger charge is -2.35. The zero-order valence-electron chi connectivity index (χ0n) is 16.5. The Bertz CT molecular complexity index is 1070. The molecular formula is C22H24ClNO4S. The average molecular weight is 434 g/mol. The third-order valence-corrected chi connectivity index (χ3v) is 8.19. The second kappa shape index (κ2) is 7.42. The summed E-state index contributed by atoms with van der Waals surface area (Å²) in [6, 6.07) is 11.9. The van der Waals surface area contributed by atoms with Crippen LogP contribution in [0.2, 0.25) is 0 Å². The van der Waals surface area contributed by atoms with Crippen LogP contribution in [0.4, 0.5) is 5.69 Å². The van der Waals surface area contributed by atoms with Gasteiger partial charge in [-0.3, -0.25) is 4.79 Å². The van der Waals surface area contributed by atoms with E-state index < -0.39 is 14.7 Å². The van der Waals surface area contributed by atoms with E-state index in [9.17, 15) is 13.2 Å². The highest BCUT2D eigenvalue weighted by Gasteiger charge is 2.36. The number of rotatable bonds is 3. The van der Waals surface area contributed by atoms with Crippen LogP contribution in [-0.4, -0.2) is 34.1 Å². The molecule has 0 aromatic heterocycles. The van der Waals surface area contributed by atoms with Crippen LogP contribution >= 0.6 is 11.6 Å². The lowest BCUT2D eigenvalue weighted by molar-refractivity contribution is -0.118. The zero-order chi connectivity index (χ0) is 20.8. The van der Waals surface area contributed by atoms with Gasteiger partial charge in [0.05, 0.1) is 20.8 Å². The Hall–Kier alpha value is -1.89. The number of amides is 1. The summed E-state index contributed by atoms with van der Waals surface area (Å²) < 4.78 is 32.2. The fourth-order valence-electron chi connectivity index (χ4n) is 4.18. The van der Waals surface area contributed by atoms with Gasteiger partial charge >= 0.3 is 0 Å². The summed E-state index contributed by atoms with van der Waals surface area (Å²) in [6.45, 7) is 2.53. The lowest BCUT2D eigenvalue weighted by atomic mass is 9.88. The van der Waals surface area contributed by atoms with Crippen molar-refractivity contribution in [2.45, 2.75) is 53.4 Å². The number of hydrogen-bond donors (Lipinski definition) is 0. The number of halogens is 1. The number of benzene rings is 2. The number of sulfone groups is 1. The SMILES string of the molecule is CC1C[C@@](Cl)(c2cccc(S(=O)(=O)c3ccc4c(c3)CCC(=O)N4C)c2)CCO1. The predicted molar refractivity (Wildman–Crippen MR) is 112 cm³/mol. The molecule has 1 fully saturated rings. The largest absolute Gasteiger partial charge is 0.378 e. The molecule has 0 saturated carbocycles. The summed E-state index contributed by atoms with van der Waals surface area (Å²) in [4.78, 5) is 13.3. The van der Waals surface area contributed by atoms with E-state index >= 15 is 0 Å². The molecule has 2 aliphatic rings. The summed E-state index contributed by atoms with van der Waals surface area (Å²) in [5.74, 6) is 0.0407. The molecule has 1 saturated heterocycles. The molecule has 0 bridgehead atoms. The molecule has 0 spiro atoms. The summed E-state index contributed by atoms with van der Waals surface area (Å²) in [6.07, 6.45) is 2.24. The molecule has 4 rings (SSSR count). The standard InChI is InChI=1S/C22H24ClNO4S/c1-15-14-22(23,10-11-28-15)17-4-3-5-18(13-17)29(26,27)19-7-8-20-16(12-19)6-9-21(25)24(20)2/h3-5,7-8,12-13,15H,6,9-11,14H2,1-2H3/t15?,22-/m1/s1. The van der Waals surface area contributed by atoms with Crippen molar-refractivity contribution in [3.8, 4) is 0 Å². The zero-order valence-corrected chi connectivity index (χ0v) is 18.1. The summed E-state index contributed by atoms with van der Waals surface area (Å²) in [5, 5.41) is 0. The molecule has 0 N–H and O–H groups in total. The van der Waals surface area contributed by atoms with Gasteiger partial charge in [-0.2, -0.15) is 0 Å². The molecule has 1 unspecified atom stereocenters. The highest BCUT2D eigenvalue weighted by molar-refractivity contribution is 7.91. The van der Waals surface area contributed by atoms with Crippen LogP contribution in [-0.2, 0) is 30.7 Å². The molecule has 2 heterocycles. The van der Waals surface area contributed by atoms with E-state index in [1.54, 1.807) is 48.3 Å². The Morgan fingerprint density at radius 1 is 1.14 bits per heavy atom. The number of aryl methyl sites for hydroxylation is 1. The minimum atomic E-state index is -3.70. The Balaban J connectivity index is 1.71. The number of ether oxygens (including phenoxy) is 1. The first kappa shape index (κ1) is 20.4. The Labute approximate surface area is 176 Å². The molecule has 2 aliphatic heterocycles. The number of nitrogens with zero attached hydrogens (tertiary/aromatic N) is 1. The van der Waals surface area contributed by atoms with E-state index in [0.29, 0.717) is 32.3 Å². The molecule has 29 heavy (non-hydrogen) atoms. The molecule has 0 radical (unpaired) electrons. The topological polar surface area (TPSA) is 63.7 Å². The van der Waals surface area contributed by atoms with Crippen LogP contribution in [0.15, 0.2) is 52.3 Å². The van der Waals surface area contributed by atoms with E-state index in [0.717, 1.165) is 16.8 Å². The molecular weight excluding hydrogens is 410 g/mol. The van der Waals surface area contributed by atoms with Crippen LogP contribution in [0.3, 0.4) is 0 Å². The third kappa shape index (κ3) is 3.69. The molecule has 154 valence electrons. The average Bonchev–Trinajstić information content (AvgIpc) is 2.70.